The number of halogens is 4. The summed E-state index contributed by atoms with van der Waals surface area (Å²) >= 11 is 6.03. The van der Waals surface area contributed by atoms with Gasteiger partial charge in [0.25, 0.3) is 0 Å². The average molecular weight is 486 g/mol. The molecule has 2 aromatic rings. The second-order valence-electron chi connectivity index (χ2n) is 6.64. The van der Waals surface area contributed by atoms with Crippen LogP contribution in [0.15, 0.2) is 70.6 Å². The van der Waals surface area contributed by atoms with Gasteiger partial charge in [0.1, 0.15) is 0 Å². The fraction of sp³-hybridized carbons (Fsp3) is 0.143. The lowest BCUT2D eigenvalue weighted by Crippen LogP contribution is -2.17. The van der Waals surface area contributed by atoms with Crippen molar-refractivity contribution in [3.05, 3.63) is 76.8 Å². The van der Waals surface area contributed by atoms with E-state index in [2.05, 4.69) is 16.9 Å². The van der Waals surface area contributed by atoms with Gasteiger partial charge in [0.2, 0.25) is 15.9 Å². The number of carbonyl (C=O) groups excluding carboxylic acids is 1. The van der Waals surface area contributed by atoms with Gasteiger partial charge in [0.15, 0.2) is 0 Å². The first-order valence-corrected chi connectivity index (χ1v) is 10.9. The van der Waals surface area contributed by atoms with Crippen LogP contribution in [0.5, 0.6) is 0 Å². The summed E-state index contributed by atoms with van der Waals surface area (Å²) in [5.41, 5.74) is -0.322. The summed E-state index contributed by atoms with van der Waals surface area (Å²) in [6.45, 7) is 4.45. The van der Waals surface area contributed by atoms with Crippen LogP contribution < -0.4 is 10.5 Å². The number of hydrogen-bond donors (Lipinski definition) is 2. The summed E-state index contributed by atoms with van der Waals surface area (Å²) in [6, 6.07) is 10.6. The molecule has 0 aliphatic rings. The molecule has 0 spiro atoms. The number of primary sulfonamides is 1. The highest BCUT2D eigenvalue weighted by atomic mass is 35.5. The van der Waals surface area contributed by atoms with Gasteiger partial charge >= 0.3 is 6.18 Å². The Balaban J connectivity index is 2.27. The molecular formula is C21H19ClF3N3O3S. The molecular weight excluding hydrogens is 467 g/mol. The quantitative estimate of drug-likeness (QED) is 0.555. The van der Waals surface area contributed by atoms with Gasteiger partial charge in [0.05, 0.1) is 17.0 Å². The molecule has 0 aliphatic heterocycles. The van der Waals surface area contributed by atoms with Crippen LogP contribution in [0.3, 0.4) is 0 Å². The number of alkyl halides is 3. The van der Waals surface area contributed by atoms with Crippen LogP contribution in [-0.4, -0.2) is 26.7 Å². The molecule has 0 aliphatic carbocycles. The number of aliphatic imine (C=N–C) groups is 1. The zero-order valence-electron chi connectivity index (χ0n) is 16.8. The Labute approximate surface area is 188 Å². The number of hydrogen-bond acceptors (Lipinski definition) is 4. The fourth-order valence-electron chi connectivity index (χ4n) is 2.50. The average Bonchev–Trinajstić information content (AvgIpc) is 2.68. The molecule has 0 radical (unpaired) electrons. The highest BCUT2D eigenvalue weighted by Gasteiger charge is 2.29. The lowest BCUT2D eigenvalue weighted by atomic mass is 10.1. The zero-order valence-corrected chi connectivity index (χ0v) is 18.4. The molecule has 0 saturated carbocycles. The van der Waals surface area contributed by atoms with E-state index in [4.69, 9.17) is 16.7 Å². The highest BCUT2D eigenvalue weighted by molar-refractivity contribution is 7.89. The number of sulfonamides is 1. The molecule has 11 heteroatoms. The van der Waals surface area contributed by atoms with Gasteiger partial charge in [-0.25, -0.2) is 13.6 Å². The monoisotopic (exact) mass is 485 g/mol. The van der Waals surface area contributed by atoms with Crippen molar-refractivity contribution in [1.82, 2.24) is 0 Å². The highest BCUT2D eigenvalue weighted by Crippen LogP contribution is 2.27. The van der Waals surface area contributed by atoms with Crippen LogP contribution in [0.25, 0.3) is 5.70 Å². The number of nitrogens with one attached hydrogen (secondary N) is 1. The van der Waals surface area contributed by atoms with Crippen LogP contribution >= 0.6 is 11.6 Å². The van der Waals surface area contributed by atoms with Crippen molar-refractivity contribution in [3.8, 4) is 0 Å². The number of allylic oxidation sites excluding steroid dienone is 2. The molecule has 0 fully saturated rings. The predicted octanol–water partition coefficient (Wildman–Crippen LogP) is 4.72. The number of rotatable bonds is 7. The maximum atomic E-state index is 12.5. The molecule has 2 aromatic carbocycles. The molecule has 32 heavy (non-hydrogen) atoms. The topological polar surface area (TPSA) is 102 Å². The first-order chi connectivity index (χ1) is 14.8. The van der Waals surface area contributed by atoms with Gasteiger partial charge in [-0.1, -0.05) is 36.4 Å². The third-order valence-electron chi connectivity index (χ3n) is 4.19. The smallest absolute Gasteiger partial charge is 0.326 e. The van der Waals surface area contributed by atoms with Crippen LogP contribution in [0.1, 0.15) is 18.1 Å². The lowest BCUT2D eigenvalue weighted by Gasteiger charge is -2.12. The summed E-state index contributed by atoms with van der Waals surface area (Å²) in [7, 11) is -4.27. The third kappa shape index (κ3) is 7.04. The lowest BCUT2D eigenvalue weighted by molar-refractivity contribution is -0.115. The molecule has 3 N–H and O–H groups in total. The van der Waals surface area contributed by atoms with E-state index in [1.165, 1.54) is 12.1 Å². The minimum Gasteiger partial charge on any atom is -0.326 e. The number of anilines is 1. The third-order valence-corrected chi connectivity index (χ3v) is 5.51. The van der Waals surface area contributed by atoms with Gasteiger partial charge in [-0.15, -0.1) is 0 Å². The van der Waals surface area contributed by atoms with Gasteiger partial charge in [0, 0.05) is 28.1 Å². The molecule has 0 heterocycles. The van der Waals surface area contributed by atoms with E-state index in [9.17, 15) is 26.4 Å². The molecule has 0 unspecified atom stereocenters. The van der Waals surface area contributed by atoms with Crippen molar-refractivity contribution in [2.45, 2.75) is 24.4 Å². The number of benzene rings is 2. The summed E-state index contributed by atoms with van der Waals surface area (Å²) in [5.74, 6) is -0.448. The largest absolute Gasteiger partial charge is 0.412 e. The minimum atomic E-state index is -4.51. The molecule has 170 valence electrons. The van der Waals surface area contributed by atoms with Crippen molar-refractivity contribution in [2.24, 2.45) is 10.1 Å². The minimum absolute atomic E-state index is 0.0223. The molecule has 0 aromatic heterocycles. The van der Waals surface area contributed by atoms with Crippen molar-refractivity contribution in [1.29, 1.82) is 0 Å². The maximum absolute atomic E-state index is 12.5. The van der Waals surface area contributed by atoms with Crippen molar-refractivity contribution < 1.29 is 26.4 Å². The second kappa shape index (κ2) is 10.1. The first kappa shape index (κ1) is 25.3. The Morgan fingerprint density at radius 1 is 1.25 bits per heavy atom. The summed E-state index contributed by atoms with van der Waals surface area (Å²) in [4.78, 5) is 15.7. The number of carbonyl (C=O) groups is 1. The van der Waals surface area contributed by atoms with E-state index >= 15 is 0 Å². The molecule has 0 atom stereocenters. The number of amides is 1. The molecule has 0 bridgehead atoms. The predicted molar refractivity (Wildman–Crippen MR) is 119 cm³/mol. The van der Waals surface area contributed by atoms with Crippen LogP contribution in [0.4, 0.5) is 18.9 Å². The second-order valence-corrected chi connectivity index (χ2v) is 8.58. The Bertz CT molecular complexity index is 1210. The van der Waals surface area contributed by atoms with Crippen LogP contribution in [-0.2, 0) is 21.2 Å². The molecule has 6 nitrogen and oxygen atoms in total. The normalized spacial score (nSPS) is 12.8. The van der Waals surface area contributed by atoms with Gasteiger partial charge in [-0.3, -0.25) is 9.79 Å². The molecule has 1 amide bonds. The van der Waals surface area contributed by atoms with E-state index in [1.54, 1.807) is 24.3 Å². The van der Waals surface area contributed by atoms with Crippen molar-refractivity contribution >= 4 is 45.1 Å². The van der Waals surface area contributed by atoms with E-state index in [0.717, 1.165) is 25.3 Å². The summed E-state index contributed by atoms with van der Waals surface area (Å²) in [6.07, 6.45) is -2.97. The standard InChI is InChI=1S/C21H19ClF3N3O3S/c1-13(21(23,24)25)9-10-27-14(2)17-8-7-16(12-19(17)32(26,30)31)28-20(29)11-15-5-3-4-6-18(15)22/h3-10,12H,2,11H2,1H3,(H,28,29)(H2,26,30,31)/b13-9+,27-10-. The SMILES string of the molecule is C=C(/N=C\C=C(/C)C(F)(F)F)c1ccc(NC(=O)Cc2ccccc2Cl)cc1S(N)(=O)=O. The van der Waals surface area contributed by atoms with Gasteiger partial charge in [-0.05, 0) is 42.8 Å². The Morgan fingerprint density at radius 2 is 1.91 bits per heavy atom. The Hall–Kier alpha value is -2.95. The van der Waals surface area contributed by atoms with Crippen molar-refractivity contribution in [2.75, 3.05) is 5.32 Å². The molecule has 2 rings (SSSR count). The van der Waals surface area contributed by atoms with Crippen LogP contribution in [0, 0.1) is 0 Å². The maximum Gasteiger partial charge on any atom is 0.412 e. The van der Waals surface area contributed by atoms with E-state index in [-0.39, 0.29) is 23.4 Å². The first-order valence-electron chi connectivity index (χ1n) is 8.96. The zero-order chi connectivity index (χ0) is 24.1. The summed E-state index contributed by atoms with van der Waals surface area (Å²) in [5, 5.41) is 8.22. The number of nitrogens with two attached hydrogens (primary N) is 1. The van der Waals surface area contributed by atoms with E-state index < -0.39 is 32.6 Å². The van der Waals surface area contributed by atoms with E-state index in [0.29, 0.717) is 10.6 Å². The Morgan fingerprint density at radius 3 is 2.50 bits per heavy atom. The fourth-order valence-corrected chi connectivity index (χ4v) is 3.48. The van der Waals surface area contributed by atoms with Gasteiger partial charge in [-0.2, -0.15) is 13.2 Å². The number of nitrogens with zero attached hydrogens (tertiary/aromatic N) is 1. The molecule has 0 saturated heterocycles. The van der Waals surface area contributed by atoms with E-state index in [1.807, 2.05) is 0 Å². The summed E-state index contributed by atoms with van der Waals surface area (Å²) < 4.78 is 61.7. The Kier molecular flexibility index (Phi) is 8.00. The van der Waals surface area contributed by atoms with Crippen molar-refractivity contribution in [3.63, 3.8) is 0 Å². The van der Waals surface area contributed by atoms with Gasteiger partial charge < -0.3 is 5.32 Å². The van der Waals surface area contributed by atoms with Crippen LogP contribution in [0.2, 0.25) is 5.02 Å².